The number of H-pyrrole nitrogens is 1. The Hall–Kier alpha value is -4.02. The molecular formula is C30H34N6O3S. The average molecular weight is 559 g/mol. The molecule has 0 saturated carbocycles. The monoisotopic (exact) mass is 558 g/mol. The molecule has 0 unspecified atom stereocenters. The molecule has 1 atom stereocenters. The summed E-state index contributed by atoms with van der Waals surface area (Å²) >= 11 is 1.50. The van der Waals surface area contributed by atoms with E-state index in [1.807, 2.05) is 48.9 Å². The van der Waals surface area contributed by atoms with Crippen molar-refractivity contribution in [3.63, 3.8) is 0 Å². The third-order valence-corrected chi connectivity index (χ3v) is 7.46. The lowest BCUT2D eigenvalue weighted by Gasteiger charge is -2.18. The molecule has 5 aromatic rings. The van der Waals surface area contributed by atoms with Crippen LogP contribution in [0.4, 0.5) is 0 Å². The predicted molar refractivity (Wildman–Crippen MR) is 158 cm³/mol. The first-order chi connectivity index (χ1) is 19.2. The van der Waals surface area contributed by atoms with Gasteiger partial charge in [0.2, 0.25) is 0 Å². The van der Waals surface area contributed by atoms with Crippen LogP contribution < -0.4 is 10.6 Å². The lowest BCUT2D eigenvalue weighted by atomic mass is 10.0. The molecule has 0 radical (unpaired) electrons. The van der Waals surface area contributed by atoms with E-state index in [-0.39, 0.29) is 24.5 Å². The maximum absolute atomic E-state index is 13.5. The van der Waals surface area contributed by atoms with Gasteiger partial charge in [0.1, 0.15) is 17.2 Å². The van der Waals surface area contributed by atoms with Crippen LogP contribution in [0.1, 0.15) is 72.3 Å². The number of carbonyl (C=O) groups is 2. The first kappa shape index (κ1) is 27.5. The number of hydrogen-bond donors (Lipinski definition) is 4. The fraction of sp³-hybridized carbons (Fsp3) is 0.333. The van der Waals surface area contributed by atoms with Gasteiger partial charge >= 0.3 is 0 Å². The molecule has 10 heteroatoms. The van der Waals surface area contributed by atoms with E-state index in [1.54, 1.807) is 22.7 Å². The van der Waals surface area contributed by atoms with Gasteiger partial charge in [-0.1, -0.05) is 33.8 Å². The van der Waals surface area contributed by atoms with Gasteiger partial charge in [-0.3, -0.25) is 14.0 Å². The van der Waals surface area contributed by atoms with E-state index in [9.17, 15) is 14.7 Å². The molecule has 0 aliphatic heterocycles. The second-order valence-electron chi connectivity index (χ2n) is 10.7. The second kappa shape index (κ2) is 11.6. The van der Waals surface area contributed by atoms with E-state index in [0.717, 1.165) is 28.0 Å². The maximum Gasteiger partial charge on any atom is 0.270 e. The summed E-state index contributed by atoms with van der Waals surface area (Å²) in [6, 6.07) is 10.9. The van der Waals surface area contributed by atoms with Gasteiger partial charge in [0.15, 0.2) is 5.65 Å². The summed E-state index contributed by atoms with van der Waals surface area (Å²) in [6.45, 7) is 8.42. The number of nitrogens with zero attached hydrogens (tertiary/aromatic N) is 3. The molecule has 0 spiro atoms. The number of imidazole rings is 2. The minimum Gasteiger partial charge on any atom is -0.394 e. The number of fused-ring (bicyclic) bond motifs is 2. The number of rotatable bonds is 10. The summed E-state index contributed by atoms with van der Waals surface area (Å²) in [5.41, 5.74) is 5.13. The molecule has 0 aliphatic carbocycles. The van der Waals surface area contributed by atoms with Gasteiger partial charge in [0, 0.05) is 29.6 Å². The first-order valence-electron chi connectivity index (χ1n) is 13.5. The average Bonchev–Trinajstić information content (AvgIpc) is 3.68. The minimum absolute atomic E-state index is 0.161. The van der Waals surface area contributed by atoms with Crippen LogP contribution in [0.3, 0.4) is 0 Å². The second-order valence-corrected chi connectivity index (χ2v) is 11.5. The van der Waals surface area contributed by atoms with Crippen molar-refractivity contribution in [2.75, 3.05) is 6.61 Å². The summed E-state index contributed by atoms with van der Waals surface area (Å²) in [6.07, 6.45) is 2.38. The molecule has 2 amide bonds. The lowest BCUT2D eigenvalue weighted by molar-refractivity contribution is 0.0901. The van der Waals surface area contributed by atoms with Gasteiger partial charge in [-0.25, -0.2) is 9.97 Å². The standard InChI is InChI=1S/C30H34N6O3S/c1-17(2)12-21(15-37)32-30(39)26-25(20-9-11-40-16-20)35-28-22(6-5-10-36(26)28)29(38)31-14-19-7-8-23-24(13-19)34-27(33-23)18(3)4/h5-11,13,16-18,21,37H,12,14-15H2,1-4H3,(H,31,38)(H,32,39)(H,33,34)/t21-/m0/s1. The zero-order chi connectivity index (χ0) is 28.4. The number of benzene rings is 1. The molecule has 4 heterocycles. The Labute approximate surface area is 236 Å². The Balaban J connectivity index is 1.44. The summed E-state index contributed by atoms with van der Waals surface area (Å²) in [4.78, 5) is 39.7. The van der Waals surface area contributed by atoms with Crippen molar-refractivity contribution in [2.45, 2.75) is 52.6 Å². The van der Waals surface area contributed by atoms with Crippen molar-refractivity contribution in [2.24, 2.45) is 5.92 Å². The Bertz CT molecular complexity index is 1650. The molecular weight excluding hydrogens is 524 g/mol. The number of amides is 2. The van der Waals surface area contributed by atoms with Crippen LogP contribution in [0.15, 0.2) is 53.4 Å². The van der Waals surface area contributed by atoms with E-state index in [2.05, 4.69) is 34.4 Å². The van der Waals surface area contributed by atoms with Gasteiger partial charge in [0.05, 0.1) is 29.2 Å². The topological polar surface area (TPSA) is 124 Å². The highest BCUT2D eigenvalue weighted by molar-refractivity contribution is 7.08. The number of hydrogen-bond acceptors (Lipinski definition) is 6. The van der Waals surface area contributed by atoms with Crippen molar-refractivity contribution in [3.8, 4) is 11.3 Å². The Morgan fingerprint density at radius 3 is 2.62 bits per heavy atom. The number of nitrogens with one attached hydrogen (secondary N) is 3. The van der Waals surface area contributed by atoms with E-state index in [1.165, 1.54) is 11.3 Å². The van der Waals surface area contributed by atoms with Gasteiger partial charge in [-0.2, -0.15) is 11.3 Å². The summed E-state index contributed by atoms with van der Waals surface area (Å²) in [5, 5.41) is 19.6. The third-order valence-electron chi connectivity index (χ3n) is 6.78. The number of thiophene rings is 1. The van der Waals surface area contributed by atoms with Crippen LogP contribution in [0.25, 0.3) is 27.9 Å². The van der Waals surface area contributed by atoms with Crippen LogP contribution in [0, 0.1) is 5.92 Å². The van der Waals surface area contributed by atoms with Gasteiger partial charge in [-0.15, -0.1) is 0 Å². The van der Waals surface area contributed by atoms with Gasteiger partial charge < -0.3 is 20.7 Å². The van der Waals surface area contributed by atoms with E-state index >= 15 is 0 Å². The number of aliphatic hydroxyl groups excluding tert-OH is 1. The molecule has 0 bridgehead atoms. The van der Waals surface area contributed by atoms with Crippen LogP contribution in [-0.2, 0) is 6.54 Å². The van der Waals surface area contributed by atoms with Crippen molar-refractivity contribution in [1.29, 1.82) is 0 Å². The first-order valence-corrected chi connectivity index (χ1v) is 14.4. The highest BCUT2D eigenvalue weighted by Gasteiger charge is 2.25. The molecule has 40 heavy (non-hydrogen) atoms. The van der Waals surface area contributed by atoms with Crippen LogP contribution in [-0.4, -0.2) is 48.9 Å². The molecule has 1 aromatic carbocycles. The zero-order valence-corrected chi connectivity index (χ0v) is 23.9. The zero-order valence-electron chi connectivity index (χ0n) is 23.1. The van der Waals surface area contributed by atoms with Crippen molar-refractivity contribution in [1.82, 2.24) is 30.0 Å². The molecule has 0 fully saturated rings. The molecule has 0 saturated heterocycles. The van der Waals surface area contributed by atoms with E-state index in [0.29, 0.717) is 47.4 Å². The van der Waals surface area contributed by atoms with E-state index < -0.39 is 0 Å². The normalized spacial score (nSPS) is 12.5. The van der Waals surface area contributed by atoms with Crippen molar-refractivity contribution in [3.05, 3.63) is 76.0 Å². The highest BCUT2D eigenvalue weighted by atomic mass is 32.1. The minimum atomic E-state index is -0.385. The highest BCUT2D eigenvalue weighted by Crippen LogP contribution is 2.28. The molecule has 9 nitrogen and oxygen atoms in total. The molecule has 208 valence electrons. The smallest absolute Gasteiger partial charge is 0.270 e. The Kier molecular flexibility index (Phi) is 7.99. The molecule has 0 aliphatic rings. The molecule has 4 N–H and O–H groups in total. The lowest BCUT2D eigenvalue weighted by Crippen LogP contribution is -2.39. The largest absolute Gasteiger partial charge is 0.394 e. The number of aromatic nitrogens is 4. The van der Waals surface area contributed by atoms with E-state index in [4.69, 9.17) is 4.98 Å². The summed E-state index contributed by atoms with van der Waals surface area (Å²) in [5.74, 6) is 0.886. The van der Waals surface area contributed by atoms with Gasteiger partial charge in [-0.05, 0) is 53.6 Å². The number of aliphatic hydroxyl groups is 1. The Morgan fingerprint density at radius 2 is 1.93 bits per heavy atom. The number of aromatic amines is 1. The third kappa shape index (κ3) is 5.64. The SMILES string of the molecule is CC(C)C[C@@H](CO)NC(=O)c1c(-c2ccsc2)nc2c(C(=O)NCc3ccc4nc(C(C)C)[nH]c4c3)cccn12. The summed E-state index contributed by atoms with van der Waals surface area (Å²) in [7, 11) is 0. The molecule has 5 rings (SSSR count). The number of carbonyl (C=O) groups excluding carboxylic acids is 2. The Morgan fingerprint density at radius 1 is 1.10 bits per heavy atom. The van der Waals surface area contributed by atoms with Crippen LogP contribution in [0.2, 0.25) is 0 Å². The fourth-order valence-electron chi connectivity index (χ4n) is 4.80. The quantitative estimate of drug-likeness (QED) is 0.189. The predicted octanol–water partition coefficient (Wildman–Crippen LogP) is 5.13. The fourth-order valence-corrected chi connectivity index (χ4v) is 5.44. The van der Waals surface area contributed by atoms with Crippen molar-refractivity contribution >= 4 is 39.8 Å². The van der Waals surface area contributed by atoms with Gasteiger partial charge in [0.25, 0.3) is 11.8 Å². The number of pyridine rings is 1. The van der Waals surface area contributed by atoms with Crippen LogP contribution >= 0.6 is 11.3 Å². The van der Waals surface area contributed by atoms with Crippen LogP contribution in [0.5, 0.6) is 0 Å². The maximum atomic E-state index is 13.5. The molecule has 4 aromatic heterocycles. The summed E-state index contributed by atoms with van der Waals surface area (Å²) < 4.78 is 1.66. The van der Waals surface area contributed by atoms with Crippen molar-refractivity contribution < 1.29 is 14.7 Å².